The van der Waals surface area contributed by atoms with Crippen molar-refractivity contribution in [3.05, 3.63) is 83.2 Å². The normalized spacial score (nSPS) is 14.2. The second-order valence-electron chi connectivity index (χ2n) is 7.60. The van der Waals surface area contributed by atoms with E-state index < -0.39 is 0 Å². The minimum atomic E-state index is -0.341. The Bertz CT molecular complexity index is 1040. The summed E-state index contributed by atoms with van der Waals surface area (Å²) in [4.78, 5) is 24.8. The Balaban J connectivity index is 2.01. The number of allylic oxidation sites excluding steroid dienone is 2. The molecule has 0 saturated heterocycles. The number of hydrogen-bond acceptors (Lipinski definition) is 5. The summed E-state index contributed by atoms with van der Waals surface area (Å²) >= 11 is 0. The van der Waals surface area contributed by atoms with Crippen LogP contribution < -0.4 is 21.4 Å². The van der Waals surface area contributed by atoms with Crippen LogP contribution in [0, 0.1) is 0 Å². The second-order valence-corrected chi connectivity index (χ2v) is 7.60. The molecular formula is C25H29N5O2. The van der Waals surface area contributed by atoms with Gasteiger partial charge in [0.1, 0.15) is 5.70 Å². The Kier molecular flexibility index (Phi) is 7.44. The van der Waals surface area contributed by atoms with E-state index in [1.54, 1.807) is 24.3 Å². The van der Waals surface area contributed by atoms with Crippen molar-refractivity contribution in [2.45, 2.75) is 32.7 Å². The highest BCUT2D eigenvalue weighted by molar-refractivity contribution is 5.96. The molecule has 3 rings (SSSR count). The molecule has 4 N–H and O–H groups in total. The first kappa shape index (κ1) is 22.8. The number of hydrazone groups is 1. The van der Waals surface area contributed by atoms with Crippen molar-refractivity contribution in [3.63, 3.8) is 0 Å². The minimum Gasteiger partial charge on any atom is -0.393 e. The van der Waals surface area contributed by atoms with Gasteiger partial charge in [0.25, 0.3) is 11.8 Å². The standard InChI is InChI=1S/C25H29N5O2/c1-4-28-24(31)19-10-14-21(15-11-19)30(27-3)22(23(26)25(32)29-20-12-13-20)16-17(2)18-8-6-5-7-9-18/h5-11,14-16,20H,3-4,12-13,26H2,1-2H3,(H,28,31)(H,29,32)/b17-16+,23-22-. The monoisotopic (exact) mass is 431 g/mol. The van der Waals surface area contributed by atoms with Crippen molar-refractivity contribution in [1.29, 1.82) is 0 Å². The topological polar surface area (TPSA) is 99.8 Å². The first-order valence-corrected chi connectivity index (χ1v) is 10.6. The van der Waals surface area contributed by atoms with Crippen LogP contribution in [-0.2, 0) is 4.79 Å². The van der Waals surface area contributed by atoms with E-state index in [1.165, 1.54) is 5.01 Å². The average Bonchev–Trinajstić information content (AvgIpc) is 3.63. The van der Waals surface area contributed by atoms with Gasteiger partial charge in [0.05, 0.1) is 11.4 Å². The Morgan fingerprint density at radius 2 is 1.78 bits per heavy atom. The van der Waals surface area contributed by atoms with Crippen molar-refractivity contribution in [2.24, 2.45) is 10.8 Å². The maximum absolute atomic E-state index is 12.8. The van der Waals surface area contributed by atoms with E-state index >= 15 is 0 Å². The summed E-state index contributed by atoms with van der Waals surface area (Å²) in [6.45, 7) is 8.04. The Morgan fingerprint density at radius 1 is 1.12 bits per heavy atom. The number of hydrogen-bond donors (Lipinski definition) is 3. The highest BCUT2D eigenvalue weighted by atomic mass is 16.2. The van der Waals surface area contributed by atoms with Gasteiger partial charge < -0.3 is 16.4 Å². The van der Waals surface area contributed by atoms with E-state index in [1.807, 2.05) is 50.3 Å². The third-order valence-electron chi connectivity index (χ3n) is 5.10. The largest absolute Gasteiger partial charge is 0.393 e. The lowest BCUT2D eigenvalue weighted by Crippen LogP contribution is -2.33. The summed E-state index contributed by atoms with van der Waals surface area (Å²) in [6.07, 6.45) is 3.74. The van der Waals surface area contributed by atoms with E-state index in [-0.39, 0.29) is 23.6 Å². The zero-order valence-corrected chi connectivity index (χ0v) is 18.5. The van der Waals surface area contributed by atoms with E-state index in [9.17, 15) is 9.59 Å². The van der Waals surface area contributed by atoms with Crippen LogP contribution in [-0.4, -0.2) is 31.1 Å². The molecule has 0 bridgehead atoms. The molecule has 0 aromatic heterocycles. The molecule has 0 unspecified atom stereocenters. The SMILES string of the molecule is C=NN(C(/C=C(\C)c1ccccc1)=C(\N)C(=O)NC1CC1)c1ccc(C(=O)NCC)cc1. The van der Waals surface area contributed by atoms with Gasteiger partial charge >= 0.3 is 0 Å². The van der Waals surface area contributed by atoms with Gasteiger partial charge in [0, 0.05) is 24.9 Å². The number of benzene rings is 2. The third-order valence-corrected chi connectivity index (χ3v) is 5.10. The predicted octanol–water partition coefficient (Wildman–Crippen LogP) is 3.41. The summed E-state index contributed by atoms with van der Waals surface area (Å²) in [5.74, 6) is -0.497. The van der Waals surface area contributed by atoms with Crippen LogP contribution in [0.15, 0.2) is 77.2 Å². The molecule has 1 aliphatic rings. The quantitative estimate of drug-likeness (QED) is 0.245. The third kappa shape index (κ3) is 5.63. The second kappa shape index (κ2) is 10.4. The van der Waals surface area contributed by atoms with Crippen LogP contribution in [0.2, 0.25) is 0 Å². The van der Waals surface area contributed by atoms with Crippen LogP contribution in [0.25, 0.3) is 5.57 Å². The fraction of sp³-hybridized carbons (Fsp3) is 0.240. The summed E-state index contributed by atoms with van der Waals surface area (Å²) in [7, 11) is 0. The number of carbonyl (C=O) groups is 2. The van der Waals surface area contributed by atoms with Crippen LogP contribution >= 0.6 is 0 Å². The molecule has 0 atom stereocenters. The first-order valence-electron chi connectivity index (χ1n) is 10.6. The molecule has 7 nitrogen and oxygen atoms in total. The molecule has 1 fully saturated rings. The molecule has 32 heavy (non-hydrogen) atoms. The maximum Gasteiger partial charge on any atom is 0.269 e. The molecule has 1 saturated carbocycles. The summed E-state index contributed by atoms with van der Waals surface area (Å²) < 4.78 is 0. The number of nitrogens with two attached hydrogens (primary N) is 1. The lowest BCUT2D eigenvalue weighted by Gasteiger charge is -2.22. The molecule has 166 valence electrons. The van der Waals surface area contributed by atoms with E-state index in [4.69, 9.17) is 5.73 Å². The van der Waals surface area contributed by atoms with Crippen molar-refractivity contribution in [1.82, 2.24) is 10.6 Å². The zero-order chi connectivity index (χ0) is 23.1. The first-order chi connectivity index (χ1) is 15.4. The summed E-state index contributed by atoms with van der Waals surface area (Å²) in [6, 6.07) is 16.9. The number of amides is 2. The summed E-state index contributed by atoms with van der Waals surface area (Å²) in [5.41, 5.74) is 9.85. The molecule has 0 radical (unpaired) electrons. The Morgan fingerprint density at radius 3 is 2.34 bits per heavy atom. The van der Waals surface area contributed by atoms with E-state index in [0.29, 0.717) is 23.5 Å². The Labute approximate surface area is 188 Å². The van der Waals surface area contributed by atoms with Gasteiger partial charge in [-0.15, -0.1) is 0 Å². The van der Waals surface area contributed by atoms with Crippen molar-refractivity contribution in [2.75, 3.05) is 11.6 Å². The van der Waals surface area contributed by atoms with E-state index in [0.717, 1.165) is 24.0 Å². The van der Waals surface area contributed by atoms with Crippen LogP contribution in [0.3, 0.4) is 0 Å². The highest BCUT2D eigenvalue weighted by Crippen LogP contribution is 2.26. The molecule has 2 amide bonds. The number of nitrogens with one attached hydrogen (secondary N) is 2. The van der Waals surface area contributed by atoms with Gasteiger partial charge in [-0.25, -0.2) is 5.01 Å². The molecule has 0 heterocycles. The molecule has 7 heteroatoms. The van der Waals surface area contributed by atoms with Gasteiger partial charge in [-0.1, -0.05) is 30.3 Å². The molecule has 2 aromatic rings. The van der Waals surface area contributed by atoms with E-state index in [2.05, 4.69) is 22.5 Å². The van der Waals surface area contributed by atoms with Gasteiger partial charge in [0.15, 0.2) is 0 Å². The Hall–Kier alpha value is -3.87. The molecule has 0 aliphatic heterocycles. The van der Waals surface area contributed by atoms with Crippen LogP contribution in [0.5, 0.6) is 0 Å². The molecular weight excluding hydrogens is 402 g/mol. The number of rotatable bonds is 9. The van der Waals surface area contributed by atoms with Gasteiger partial charge in [-0.3, -0.25) is 9.59 Å². The molecule has 0 spiro atoms. The number of carbonyl (C=O) groups excluding carboxylic acids is 2. The summed E-state index contributed by atoms with van der Waals surface area (Å²) in [5, 5.41) is 11.3. The maximum atomic E-state index is 12.8. The highest BCUT2D eigenvalue weighted by Gasteiger charge is 2.26. The molecule has 2 aromatic carbocycles. The van der Waals surface area contributed by atoms with Crippen molar-refractivity contribution < 1.29 is 9.59 Å². The minimum absolute atomic E-state index is 0.0485. The van der Waals surface area contributed by atoms with Crippen LogP contribution in [0.4, 0.5) is 5.69 Å². The number of nitrogens with zero attached hydrogens (tertiary/aromatic N) is 2. The molecule has 1 aliphatic carbocycles. The van der Waals surface area contributed by atoms with Gasteiger partial charge in [-0.2, -0.15) is 5.10 Å². The zero-order valence-electron chi connectivity index (χ0n) is 18.5. The van der Waals surface area contributed by atoms with Crippen LogP contribution in [0.1, 0.15) is 42.6 Å². The fourth-order valence-corrected chi connectivity index (χ4v) is 3.16. The van der Waals surface area contributed by atoms with Crippen molar-refractivity contribution in [3.8, 4) is 0 Å². The number of anilines is 1. The lowest BCUT2D eigenvalue weighted by atomic mass is 10.1. The van der Waals surface area contributed by atoms with Crippen molar-refractivity contribution >= 4 is 29.8 Å². The average molecular weight is 432 g/mol. The van der Waals surface area contributed by atoms with Gasteiger partial charge in [0.2, 0.25) is 0 Å². The van der Waals surface area contributed by atoms with Gasteiger partial charge in [-0.05, 0) is 68.2 Å². The lowest BCUT2D eigenvalue weighted by molar-refractivity contribution is -0.117. The predicted molar refractivity (Wildman–Crippen MR) is 129 cm³/mol. The fourth-order valence-electron chi connectivity index (χ4n) is 3.16. The smallest absolute Gasteiger partial charge is 0.269 e.